The minimum absolute atomic E-state index is 0.197. The number of amides is 2. The molecule has 1 fully saturated rings. The number of carbonyl (C=O) groups excluding carboxylic acids is 3. The normalized spacial score (nSPS) is 14.2. The van der Waals surface area contributed by atoms with E-state index in [1.807, 2.05) is 0 Å². The number of piperazine rings is 1. The smallest absolute Gasteiger partial charge is 0.339 e. The van der Waals surface area contributed by atoms with Gasteiger partial charge in [0.25, 0.3) is 11.8 Å². The van der Waals surface area contributed by atoms with Gasteiger partial charge in [0, 0.05) is 44.3 Å². The Morgan fingerprint density at radius 1 is 1.04 bits per heavy atom. The molecular weight excluding hydrogens is 350 g/mol. The molecule has 0 bridgehead atoms. The summed E-state index contributed by atoms with van der Waals surface area (Å²) in [5.74, 6) is -0.868. The van der Waals surface area contributed by atoms with Gasteiger partial charge in [0.1, 0.15) is 11.4 Å². The van der Waals surface area contributed by atoms with Crippen LogP contribution in [0.5, 0.6) is 0 Å². The molecule has 1 saturated heterocycles. The molecule has 0 spiro atoms. The maximum Gasteiger partial charge on any atom is 0.339 e. The van der Waals surface area contributed by atoms with Crippen LogP contribution in [0.2, 0.25) is 0 Å². The zero-order valence-electron chi connectivity index (χ0n) is 15.5. The van der Waals surface area contributed by atoms with Gasteiger partial charge in [0.05, 0.1) is 18.9 Å². The summed E-state index contributed by atoms with van der Waals surface area (Å²) in [5, 5.41) is 0. The number of esters is 1. The number of hydrogen-bond acceptors (Lipinski definition) is 6. The van der Waals surface area contributed by atoms with E-state index in [0.29, 0.717) is 48.7 Å². The Hall–Kier alpha value is -3.23. The number of nitrogens with zero attached hydrogens (tertiary/aromatic N) is 4. The van der Waals surface area contributed by atoms with Gasteiger partial charge >= 0.3 is 5.97 Å². The fourth-order valence-corrected chi connectivity index (χ4v) is 3.21. The predicted molar refractivity (Wildman–Crippen MR) is 95.4 cm³/mol. The first-order chi connectivity index (χ1) is 12.9. The fraction of sp³-hybridized carbons (Fsp3) is 0.389. The summed E-state index contributed by atoms with van der Waals surface area (Å²) in [7, 11) is 1.31. The number of methoxy groups -OCH3 is 1. The van der Waals surface area contributed by atoms with E-state index in [4.69, 9.17) is 4.74 Å². The number of aromatic amines is 1. The summed E-state index contributed by atoms with van der Waals surface area (Å²) in [4.78, 5) is 51.4. The highest BCUT2D eigenvalue weighted by Gasteiger charge is 2.29. The van der Waals surface area contributed by atoms with Crippen LogP contribution in [0.1, 0.15) is 42.6 Å². The van der Waals surface area contributed by atoms with E-state index in [1.54, 1.807) is 23.6 Å². The van der Waals surface area contributed by atoms with Crippen molar-refractivity contribution in [3.8, 4) is 0 Å². The highest BCUT2D eigenvalue weighted by Crippen LogP contribution is 2.21. The number of aromatic nitrogens is 3. The summed E-state index contributed by atoms with van der Waals surface area (Å²) in [6, 6.07) is 0. The third-order valence-electron chi connectivity index (χ3n) is 4.68. The molecule has 3 rings (SSSR count). The van der Waals surface area contributed by atoms with Crippen LogP contribution in [0.4, 0.5) is 0 Å². The Kier molecular flexibility index (Phi) is 5.20. The average Bonchev–Trinajstić information content (AvgIpc) is 3.01. The quantitative estimate of drug-likeness (QED) is 0.800. The van der Waals surface area contributed by atoms with E-state index in [9.17, 15) is 14.4 Å². The van der Waals surface area contributed by atoms with Crippen LogP contribution < -0.4 is 0 Å². The Bertz CT molecular complexity index is 869. The van der Waals surface area contributed by atoms with Gasteiger partial charge in [-0.05, 0) is 19.4 Å². The van der Waals surface area contributed by atoms with Crippen LogP contribution in [-0.4, -0.2) is 75.8 Å². The molecule has 9 nitrogen and oxygen atoms in total. The Morgan fingerprint density at radius 3 is 2.22 bits per heavy atom. The first-order valence-electron chi connectivity index (χ1n) is 8.56. The number of nitrogens with one attached hydrogen (secondary N) is 1. The zero-order valence-corrected chi connectivity index (χ0v) is 15.5. The average molecular weight is 371 g/mol. The molecule has 2 amide bonds. The number of hydrogen-bond donors (Lipinski definition) is 1. The van der Waals surface area contributed by atoms with Gasteiger partial charge in [-0.15, -0.1) is 0 Å². The molecule has 2 aromatic heterocycles. The number of carbonyl (C=O) groups is 3. The molecule has 0 saturated carbocycles. The number of aryl methyl sites for hydroxylation is 1. The highest BCUT2D eigenvalue weighted by atomic mass is 16.5. The summed E-state index contributed by atoms with van der Waals surface area (Å²) in [5.41, 5.74) is 2.22. The second-order valence-corrected chi connectivity index (χ2v) is 6.29. The lowest BCUT2D eigenvalue weighted by Gasteiger charge is -2.34. The topological polar surface area (TPSA) is 108 Å². The molecular formula is C18H21N5O4. The van der Waals surface area contributed by atoms with Gasteiger partial charge in [-0.2, -0.15) is 0 Å². The lowest BCUT2D eigenvalue weighted by atomic mass is 10.1. The van der Waals surface area contributed by atoms with E-state index in [2.05, 4.69) is 15.0 Å². The predicted octanol–water partition coefficient (Wildman–Crippen LogP) is 0.806. The molecule has 0 radical (unpaired) electrons. The minimum Gasteiger partial charge on any atom is -0.465 e. The summed E-state index contributed by atoms with van der Waals surface area (Å²) in [6.45, 7) is 5.06. The number of rotatable bonds is 3. The Morgan fingerprint density at radius 2 is 1.67 bits per heavy atom. The molecule has 0 unspecified atom stereocenters. The van der Waals surface area contributed by atoms with Crippen molar-refractivity contribution in [3.05, 3.63) is 46.8 Å². The monoisotopic (exact) mass is 371 g/mol. The van der Waals surface area contributed by atoms with E-state index in [-0.39, 0.29) is 17.5 Å². The van der Waals surface area contributed by atoms with Crippen molar-refractivity contribution in [2.75, 3.05) is 33.3 Å². The molecule has 1 aliphatic rings. The second kappa shape index (κ2) is 7.56. The highest BCUT2D eigenvalue weighted by molar-refractivity contribution is 6.00. The standard InChI is InChI=1S/C18H21N5O4/c1-11-14(18(26)27-3)12(2)21-15(11)17(25)23-8-6-22(7-9-23)16(24)13-10-19-4-5-20-13/h4-5,10,21H,6-9H2,1-3H3. The lowest BCUT2D eigenvalue weighted by Crippen LogP contribution is -2.50. The lowest BCUT2D eigenvalue weighted by molar-refractivity contribution is 0.0528. The van der Waals surface area contributed by atoms with Crippen LogP contribution in [-0.2, 0) is 4.74 Å². The van der Waals surface area contributed by atoms with Crippen molar-refractivity contribution < 1.29 is 19.1 Å². The van der Waals surface area contributed by atoms with Crippen molar-refractivity contribution in [1.29, 1.82) is 0 Å². The molecule has 27 heavy (non-hydrogen) atoms. The molecule has 9 heteroatoms. The van der Waals surface area contributed by atoms with Crippen LogP contribution in [0.3, 0.4) is 0 Å². The van der Waals surface area contributed by atoms with Crippen LogP contribution in [0.15, 0.2) is 18.6 Å². The molecule has 142 valence electrons. The van der Waals surface area contributed by atoms with Gasteiger partial charge in [-0.1, -0.05) is 0 Å². The molecule has 1 aliphatic heterocycles. The van der Waals surface area contributed by atoms with Crippen molar-refractivity contribution in [2.45, 2.75) is 13.8 Å². The van der Waals surface area contributed by atoms with Gasteiger partial charge < -0.3 is 19.5 Å². The molecule has 0 atom stereocenters. The van der Waals surface area contributed by atoms with Crippen LogP contribution in [0, 0.1) is 13.8 Å². The van der Waals surface area contributed by atoms with E-state index < -0.39 is 5.97 Å². The van der Waals surface area contributed by atoms with E-state index in [1.165, 1.54) is 25.7 Å². The van der Waals surface area contributed by atoms with Crippen molar-refractivity contribution in [1.82, 2.24) is 24.8 Å². The Labute approximate surface area is 156 Å². The first-order valence-corrected chi connectivity index (χ1v) is 8.56. The molecule has 2 aromatic rings. The maximum atomic E-state index is 12.9. The largest absolute Gasteiger partial charge is 0.465 e. The fourth-order valence-electron chi connectivity index (χ4n) is 3.21. The molecule has 0 aromatic carbocycles. The SMILES string of the molecule is COC(=O)c1c(C)[nH]c(C(=O)N2CCN(C(=O)c3cnccn3)CC2)c1C. The minimum atomic E-state index is -0.473. The van der Waals surface area contributed by atoms with Crippen molar-refractivity contribution in [3.63, 3.8) is 0 Å². The summed E-state index contributed by atoms with van der Waals surface area (Å²) >= 11 is 0. The van der Waals surface area contributed by atoms with Crippen molar-refractivity contribution >= 4 is 17.8 Å². The van der Waals surface area contributed by atoms with E-state index in [0.717, 1.165) is 0 Å². The zero-order chi connectivity index (χ0) is 19.6. The molecule has 0 aliphatic carbocycles. The second-order valence-electron chi connectivity index (χ2n) is 6.29. The van der Waals surface area contributed by atoms with Crippen molar-refractivity contribution in [2.24, 2.45) is 0 Å². The molecule has 3 heterocycles. The van der Waals surface area contributed by atoms with Gasteiger partial charge in [0.15, 0.2) is 0 Å². The Balaban J connectivity index is 1.69. The summed E-state index contributed by atoms with van der Waals surface area (Å²) < 4.78 is 4.78. The van der Waals surface area contributed by atoms with Crippen LogP contribution in [0.25, 0.3) is 0 Å². The van der Waals surface area contributed by atoms with E-state index >= 15 is 0 Å². The van der Waals surface area contributed by atoms with Crippen LogP contribution >= 0.6 is 0 Å². The first kappa shape index (κ1) is 18.6. The number of H-pyrrole nitrogens is 1. The molecule has 1 N–H and O–H groups in total. The summed E-state index contributed by atoms with van der Waals surface area (Å²) in [6.07, 6.45) is 4.41. The maximum absolute atomic E-state index is 12.9. The van der Waals surface area contributed by atoms with Gasteiger partial charge in [-0.3, -0.25) is 14.6 Å². The number of ether oxygens (including phenoxy) is 1. The third-order valence-corrected chi connectivity index (χ3v) is 4.68. The van der Waals surface area contributed by atoms with Gasteiger partial charge in [-0.25, -0.2) is 9.78 Å². The third kappa shape index (κ3) is 3.53. The van der Waals surface area contributed by atoms with Gasteiger partial charge in [0.2, 0.25) is 0 Å².